The molecule has 0 radical (unpaired) electrons. The summed E-state index contributed by atoms with van der Waals surface area (Å²) in [7, 11) is -4.11. The summed E-state index contributed by atoms with van der Waals surface area (Å²) < 4.78 is 26.3. The first-order chi connectivity index (χ1) is 12.5. The summed E-state index contributed by atoms with van der Waals surface area (Å²) in [4.78, 5) is 14.5. The third-order valence-corrected chi connectivity index (χ3v) is 6.06. The van der Waals surface area contributed by atoms with Crippen molar-refractivity contribution in [2.45, 2.75) is 9.79 Å². The highest BCUT2D eigenvalue weighted by molar-refractivity contribution is 7.91. The predicted octanol–water partition coefficient (Wildman–Crippen LogP) is 4.13. The molecule has 4 rings (SSSR count). The van der Waals surface area contributed by atoms with Crippen LogP contribution in [0.1, 0.15) is 0 Å². The minimum atomic E-state index is -4.11. The highest BCUT2D eigenvalue weighted by Gasteiger charge is 2.29. The van der Waals surface area contributed by atoms with Crippen molar-refractivity contribution < 1.29 is 13.3 Å². The molecule has 7 heteroatoms. The Hall–Kier alpha value is -3.32. The summed E-state index contributed by atoms with van der Waals surface area (Å²) in [5, 5.41) is 13.7. The number of rotatable bonds is 3. The summed E-state index contributed by atoms with van der Waals surface area (Å²) in [6.07, 6.45) is 1.61. The molecule has 0 unspecified atom stereocenters. The van der Waals surface area contributed by atoms with Crippen molar-refractivity contribution in [1.82, 2.24) is 4.98 Å². The van der Waals surface area contributed by atoms with Gasteiger partial charge < -0.3 is 0 Å². The second-order valence-electron chi connectivity index (χ2n) is 5.73. The minimum Gasteiger partial charge on any atom is -0.258 e. The van der Waals surface area contributed by atoms with Crippen LogP contribution in [-0.2, 0) is 9.84 Å². The molecule has 0 aliphatic carbocycles. The van der Waals surface area contributed by atoms with Gasteiger partial charge in [-0.15, -0.1) is 0 Å². The Morgan fingerprint density at radius 3 is 2.27 bits per heavy atom. The van der Waals surface area contributed by atoms with E-state index < -0.39 is 20.4 Å². The fourth-order valence-corrected chi connectivity index (χ4v) is 4.62. The number of para-hydroxylation sites is 2. The Bertz CT molecular complexity index is 1280. The summed E-state index contributed by atoms with van der Waals surface area (Å²) in [5.41, 5.74) is -0.158. The Morgan fingerprint density at radius 1 is 0.808 bits per heavy atom. The molecule has 0 fully saturated rings. The minimum absolute atomic E-state index is 0.0462. The van der Waals surface area contributed by atoms with Crippen LogP contribution in [0.4, 0.5) is 5.69 Å². The second-order valence-corrected chi connectivity index (χ2v) is 7.61. The average Bonchev–Trinajstić information content (AvgIpc) is 2.67. The lowest BCUT2D eigenvalue weighted by Gasteiger charge is -2.09. The van der Waals surface area contributed by atoms with E-state index in [0.29, 0.717) is 10.9 Å². The van der Waals surface area contributed by atoms with Crippen molar-refractivity contribution in [3.05, 3.63) is 83.0 Å². The topological polar surface area (TPSA) is 90.2 Å². The van der Waals surface area contributed by atoms with E-state index in [9.17, 15) is 18.5 Å². The van der Waals surface area contributed by atoms with Gasteiger partial charge in [-0.05, 0) is 17.5 Å². The quantitative estimate of drug-likeness (QED) is 0.310. The standard InChI is InChI=1S/C19H12N2O4S/c22-21(23)16-9-3-4-10-17(16)26(24,25)18-11-5-8-15-14-7-2-1-6-13(14)12-20-19(15)18/h1-12H. The molecule has 1 aromatic heterocycles. The molecule has 128 valence electrons. The molecular weight excluding hydrogens is 352 g/mol. The molecule has 0 spiro atoms. The maximum atomic E-state index is 13.2. The Kier molecular flexibility index (Phi) is 3.66. The zero-order valence-electron chi connectivity index (χ0n) is 13.4. The first kappa shape index (κ1) is 16.2. The van der Waals surface area contributed by atoms with Gasteiger partial charge in [0.25, 0.3) is 5.69 Å². The van der Waals surface area contributed by atoms with E-state index in [1.807, 2.05) is 24.3 Å². The molecule has 4 aromatic rings. The van der Waals surface area contributed by atoms with Gasteiger partial charge in [0.2, 0.25) is 9.84 Å². The lowest BCUT2D eigenvalue weighted by molar-refractivity contribution is -0.387. The van der Waals surface area contributed by atoms with Crippen LogP contribution in [0.25, 0.3) is 21.7 Å². The second kappa shape index (κ2) is 5.89. The van der Waals surface area contributed by atoms with Gasteiger partial charge in [0.05, 0.1) is 15.3 Å². The molecule has 0 amide bonds. The zero-order valence-corrected chi connectivity index (χ0v) is 14.2. The van der Waals surface area contributed by atoms with Crippen LogP contribution in [-0.4, -0.2) is 18.3 Å². The van der Waals surface area contributed by atoms with Crippen LogP contribution in [0, 0.1) is 10.1 Å². The largest absolute Gasteiger partial charge is 0.288 e. The van der Waals surface area contributed by atoms with Gasteiger partial charge in [-0.2, -0.15) is 0 Å². The van der Waals surface area contributed by atoms with Crippen molar-refractivity contribution >= 4 is 37.2 Å². The van der Waals surface area contributed by atoms with E-state index in [-0.39, 0.29) is 9.79 Å². The summed E-state index contributed by atoms with van der Waals surface area (Å²) >= 11 is 0. The molecule has 3 aromatic carbocycles. The molecule has 0 saturated heterocycles. The number of nitro groups is 1. The lowest BCUT2D eigenvalue weighted by Crippen LogP contribution is -2.07. The molecular formula is C19H12N2O4S. The summed E-state index contributed by atoms with van der Waals surface area (Å²) in [5.74, 6) is 0. The van der Waals surface area contributed by atoms with E-state index in [2.05, 4.69) is 4.98 Å². The number of aromatic nitrogens is 1. The van der Waals surface area contributed by atoms with E-state index in [1.54, 1.807) is 18.3 Å². The molecule has 0 bridgehead atoms. The third-order valence-electron chi connectivity index (χ3n) is 4.22. The molecule has 0 atom stereocenters. The Balaban J connectivity index is 2.06. The number of fused-ring (bicyclic) bond motifs is 3. The monoisotopic (exact) mass is 364 g/mol. The number of hydrogen-bond acceptors (Lipinski definition) is 5. The van der Waals surface area contributed by atoms with Gasteiger partial charge >= 0.3 is 0 Å². The number of nitro benzene ring substituents is 1. The Morgan fingerprint density at radius 2 is 1.46 bits per heavy atom. The number of sulfone groups is 1. The van der Waals surface area contributed by atoms with Crippen LogP contribution in [0.3, 0.4) is 0 Å². The fourth-order valence-electron chi connectivity index (χ4n) is 3.03. The van der Waals surface area contributed by atoms with Gasteiger partial charge in [-0.3, -0.25) is 15.1 Å². The molecule has 1 heterocycles. The molecule has 6 nitrogen and oxygen atoms in total. The van der Waals surface area contributed by atoms with Crippen LogP contribution in [0.5, 0.6) is 0 Å². The van der Waals surface area contributed by atoms with Crippen LogP contribution < -0.4 is 0 Å². The lowest BCUT2D eigenvalue weighted by atomic mass is 10.1. The average molecular weight is 364 g/mol. The van der Waals surface area contributed by atoms with Crippen LogP contribution in [0.2, 0.25) is 0 Å². The fraction of sp³-hybridized carbons (Fsp3) is 0. The third kappa shape index (κ3) is 2.41. The highest BCUT2D eigenvalue weighted by atomic mass is 32.2. The van der Waals surface area contributed by atoms with Gasteiger partial charge in [-0.1, -0.05) is 48.5 Å². The van der Waals surface area contributed by atoms with Crippen molar-refractivity contribution in [3.63, 3.8) is 0 Å². The molecule has 0 aliphatic rings. The van der Waals surface area contributed by atoms with Gasteiger partial charge in [0.1, 0.15) is 4.90 Å². The first-order valence-corrected chi connectivity index (χ1v) is 9.23. The summed E-state index contributed by atoms with van der Waals surface area (Å²) in [6.45, 7) is 0. The van der Waals surface area contributed by atoms with E-state index in [0.717, 1.165) is 10.8 Å². The van der Waals surface area contributed by atoms with Gasteiger partial charge in [0, 0.05) is 23.0 Å². The van der Waals surface area contributed by atoms with Crippen molar-refractivity contribution in [2.75, 3.05) is 0 Å². The van der Waals surface area contributed by atoms with E-state index in [4.69, 9.17) is 0 Å². The van der Waals surface area contributed by atoms with Gasteiger partial charge in [-0.25, -0.2) is 8.42 Å². The number of hydrogen-bond donors (Lipinski definition) is 0. The molecule has 0 N–H and O–H groups in total. The summed E-state index contributed by atoms with van der Waals surface area (Å²) in [6, 6.07) is 17.7. The molecule has 0 saturated carbocycles. The Labute approximate surface area is 148 Å². The van der Waals surface area contributed by atoms with Crippen LogP contribution >= 0.6 is 0 Å². The maximum absolute atomic E-state index is 13.2. The number of pyridine rings is 1. The van der Waals surface area contributed by atoms with E-state index >= 15 is 0 Å². The van der Waals surface area contributed by atoms with E-state index in [1.165, 1.54) is 30.3 Å². The number of nitrogens with zero attached hydrogens (tertiary/aromatic N) is 2. The molecule has 0 aliphatic heterocycles. The van der Waals surface area contributed by atoms with Gasteiger partial charge in [0.15, 0.2) is 0 Å². The molecule has 26 heavy (non-hydrogen) atoms. The van der Waals surface area contributed by atoms with Crippen molar-refractivity contribution in [2.24, 2.45) is 0 Å². The first-order valence-electron chi connectivity index (χ1n) is 7.75. The number of benzene rings is 3. The SMILES string of the molecule is O=[N+]([O-])c1ccccc1S(=O)(=O)c1cccc2c1ncc1ccccc12. The normalized spacial score (nSPS) is 11.7. The highest BCUT2D eigenvalue weighted by Crippen LogP contribution is 2.34. The van der Waals surface area contributed by atoms with Crippen molar-refractivity contribution in [3.8, 4) is 0 Å². The zero-order chi connectivity index (χ0) is 18.3. The van der Waals surface area contributed by atoms with Crippen molar-refractivity contribution in [1.29, 1.82) is 0 Å². The van der Waals surface area contributed by atoms with Crippen LogP contribution in [0.15, 0.2) is 82.7 Å². The predicted molar refractivity (Wildman–Crippen MR) is 97.8 cm³/mol. The smallest absolute Gasteiger partial charge is 0.258 e. The maximum Gasteiger partial charge on any atom is 0.288 e.